The van der Waals surface area contributed by atoms with Gasteiger partial charge >= 0.3 is 0 Å². The minimum atomic E-state index is -0.979. The van der Waals surface area contributed by atoms with Crippen molar-refractivity contribution < 1.29 is 8.78 Å². The standard InChI is InChI=1S/C18H19F2N5/c19-12-5-6-13(22-9-12)10-25-17-4-2-1-3-16(17)23-18(25)24-8-7-14(20)15(21)11-24/h1-6,9,14-15H,7-8,10-11,21H2/t14-,15-/m1/s1. The number of halogens is 2. The van der Waals surface area contributed by atoms with Gasteiger partial charge < -0.3 is 15.2 Å². The Bertz CT molecular complexity index is 877. The zero-order chi connectivity index (χ0) is 17.4. The first-order valence-electron chi connectivity index (χ1n) is 8.32. The fourth-order valence-electron chi connectivity index (χ4n) is 3.26. The lowest BCUT2D eigenvalue weighted by Gasteiger charge is -2.34. The summed E-state index contributed by atoms with van der Waals surface area (Å²) < 4.78 is 28.9. The number of piperidine rings is 1. The first-order chi connectivity index (χ1) is 12.1. The maximum Gasteiger partial charge on any atom is 0.206 e. The van der Waals surface area contributed by atoms with E-state index in [1.807, 2.05) is 33.7 Å². The average Bonchev–Trinajstić information content (AvgIpc) is 2.98. The van der Waals surface area contributed by atoms with E-state index in [0.717, 1.165) is 22.7 Å². The summed E-state index contributed by atoms with van der Waals surface area (Å²) >= 11 is 0. The van der Waals surface area contributed by atoms with E-state index in [1.54, 1.807) is 6.07 Å². The number of alkyl halides is 1. The molecule has 0 amide bonds. The van der Waals surface area contributed by atoms with E-state index in [0.29, 0.717) is 26.1 Å². The van der Waals surface area contributed by atoms with Crippen LogP contribution in [0.3, 0.4) is 0 Å². The van der Waals surface area contributed by atoms with Crippen LogP contribution in [0.25, 0.3) is 11.0 Å². The highest BCUT2D eigenvalue weighted by Crippen LogP contribution is 2.26. The Morgan fingerprint density at radius 2 is 2.04 bits per heavy atom. The molecule has 3 heterocycles. The molecule has 1 aliphatic heterocycles. The average molecular weight is 343 g/mol. The van der Waals surface area contributed by atoms with Gasteiger partial charge in [-0.25, -0.2) is 13.8 Å². The summed E-state index contributed by atoms with van der Waals surface area (Å²) in [4.78, 5) is 10.9. The van der Waals surface area contributed by atoms with Crippen LogP contribution in [-0.2, 0) is 6.54 Å². The summed E-state index contributed by atoms with van der Waals surface area (Å²) in [5.41, 5.74) is 8.46. The zero-order valence-corrected chi connectivity index (χ0v) is 13.6. The third-order valence-electron chi connectivity index (χ3n) is 4.60. The molecule has 0 saturated carbocycles. The molecule has 0 radical (unpaired) electrons. The molecule has 7 heteroatoms. The first kappa shape index (κ1) is 16.0. The van der Waals surface area contributed by atoms with Crippen molar-refractivity contribution in [3.05, 3.63) is 54.1 Å². The van der Waals surface area contributed by atoms with Crippen LogP contribution in [0, 0.1) is 5.82 Å². The molecule has 1 saturated heterocycles. The fourth-order valence-corrected chi connectivity index (χ4v) is 3.26. The van der Waals surface area contributed by atoms with Gasteiger partial charge in [0, 0.05) is 13.1 Å². The van der Waals surface area contributed by atoms with Crippen LogP contribution in [0.2, 0.25) is 0 Å². The fraction of sp³-hybridized carbons (Fsp3) is 0.333. The lowest BCUT2D eigenvalue weighted by Crippen LogP contribution is -2.50. The normalized spacial score (nSPS) is 21.0. The van der Waals surface area contributed by atoms with Gasteiger partial charge in [0.05, 0.1) is 35.5 Å². The molecule has 0 unspecified atom stereocenters. The van der Waals surface area contributed by atoms with Crippen LogP contribution in [-0.4, -0.2) is 39.8 Å². The summed E-state index contributed by atoms with van der Waals surface area (Å²) in [5.74, 6) is 0.380. The van der Waals surface area contributed by atoms with Gasteiger partial charge in [-0.1, -0.05) is 12.1 Å². The van der Waals surface area contributed by atoms with Crippen molar-refractivity contribution in [1.29, 1.82) is 0 Å². The minimum absolute atomic E-state index is 0.365. The smallest absolute Gasteiger partial charge is 0.206 e. The Morgan fingerprint density at radius 1 is 1.20 bits per heavy atom. The van der Waals surface area contributed by atoms with E-state index in [4.69, 9.17) is 10.7 Å². The molecular formula is C18H19F2N5. The number of benzene rings is 1. The second-order valence-corrected chi connectivity index (χ2v) is 6.37. The van der Waals surface area contributed by atoms with Gasteiger partial charge in [0.2, 0.25) is 5.95 Å². The third kappa shape index (κ3) is 3.07. The van der Waals surface area contributed by atoms with Crippen molar-refractivity contribution in [2.24, 2.45) is 5.73 Å². The first-order valence-corrected chi connectivity index (χ1v) is 8.32. The summed E-state index contributed by atoms with van der Waals surface area (Å²) in [6.45, 7) is 1.44. The highest BCUT2D eigenvalue weighted by molar-refractivity contribution is 5.79. The van der Waals surface area contributed by atoms with Crippen LogP contribution in [0.1, 0.15) is 12.1 Å². The van der Waals surface area contributed by atoms with E-state index in [1.165, 1.54) is 12.3 Å². The van der Waals surface area contributed by atoms with Crippen molar-refractivity contribution in [3.63, 3.8) is 0 Å². The monoisotopic (exact) mass is 343 g/mol. The van der Waals surface area contributed by atoms with Crippen molar-refractivity contribution in [2.75, 3.05) is 18.0 Å². The molecule has 25 heavy (non-hydrogen) atoms. The predicted molar refractivity (Wildman–Crippen MR) is 92.7 cm³/mol. The topological polar surface area (TPSA) is 60.0 Å². The van der Waals surface area contributed by atoms with E-state index >= 15 is 0 Å². The summed E-state index contributed by atoms with van der Waals surface area (Å²) in [5, 5.41) is 0. The second-order valence-electron chi connectivity index (χ2n) is 6.37. The molecule has 5 nitrogen and oxygen atoms in total. The predicted octanol–water partition coefficient (Wildman–Crippen LogP) is 2.49. The Hall–Kier alpha value is -2.54. The van der Waals surface area contributed by atoms with Gasteiger partial charge in [-0.3, -0.25) is 4.98 Å². The highest BCUT2D eigenvalue weighted by Gasteiger charge is 2.29. The Labute approximate surface area is 144 Å². The molecule has 1 aromatic carbocycles. The Balaban J connectivity index is 1.74. The molecule has 1 aliphatic rings. The lowest BCUT2D eigenvalue weighted by atomic mass is 10.1. The van der Waals surface area contributed by atoms with Gasteiger partial charge in [0.15, 0.2) is 0 Å². The molecule has 2 aromatic heterocycles. The molecule has 1 fully saturated rings. The summed E-state index contributed by atoms with van der Waals surface area (Å²) in [6, 6.07) is 10.3. The number of para-hydroxylation sites is 2. The molecule has 0 bridgehead atoms. The van der Waals surface area contributed by atoms with Crippen molar-refractivity contribution in [2.45, 2.75) is 25.2 Å². The number of anilines is 1. The summed E-state index contributed by atoms with van der Waals surface area (Å²) in [7, 11) is 0. The number of imidazole rings is 1. The van der Waals surface area contributed by atoms with Gasteiger partial charge in [-0.05, 0) is 30.7 Å². The molecule has 0 aliphatic carbocycles. The Morgan fingerprint density at radius 3 is 2.80 bits per heavy atom. The molecule has 2 N–H and O–H groups in total. The summed E-state index contributed by atoms with van der Waals surface area (Å²) in [6.07, 6.45) is 0.616. The van der Waals surface area contributed by atoms with Crippen molar-refractivity contribution in [3.8, 4) is 0 Å². The SMILES string of the molecule is N[C@@H]1CN(c2nc3ccccc3n2Cc2ccc(F)cn2)CC[C@H]1F. The number of rotatable bonds is 3. The molecule has 4 rings (SSSR count). The van der Waals surface area contributed by atoms with Crippen LogP contribution in [0.15, 0.2) is 42.6 Å². The highest BCUT2D eigenvalue weighted by atomic mass is 19.1. The van der Waals surface area contributed by atoms with Gasteiger partial charge in [0.1, 0.15) is 12.0 Å². The van der Waals surface area contributed by atoms with Crippen molar-refractivity contribution in [1.82, 2.24) is 14.5 Å². The molecule has 130 valence electrons. The maximum atomic E-state index is 13.7. The second kappa shape index (κ2) is 6.40. The maximum absolute atomic E-state index is 13.7. The van der Waals surface area contributed by atoms with Crippen LogP contribution >= 0.6 is 0 Å². The van der Waals surface area contributed by atoms with Gasteiger partial charge in [-0.15, -0.1) is 0 Å². The van der Waals surface area contributed by atoms with E-state index < -0.39 is 12.2 Å². The van der Waals surface area contributed by atoms with Gasteiger partial charge in [-0.2, -0.15) is 0 Å². The number of aromatic nitrogens is 3. The van der Waals surface area contributed by atoms with Gasteiger partial charge in [0.25, 0.3) is 0 Å². The molecule has 2 atom stereocenters. The Kier molecular flexibility index (Phi) is 4.09. The number of fused-ring (bicyclic) bond motifs is 1. The quantitative estimate of drug-likeness (QED) is 0.794. The van der Waals surface area contributed by atoms with E-state index in [2.05, 4.69) is 4.98 Å². The minimum Gasteiger partial charge on any atom is -0.340 e. The van der Waals surface area contributed by atoms with Crippen LogP contribution in [0.5, 0.6) is 0 Å². The molecule has 0 spiro atoms. The molecular weight excluding hydrogens is 324 g/mol. The molecule has 3 aromatic rings. The zero-order valence-electron chi connectivity index (χ0n) is 13.6. The van der Waals surface area contributed by atoms with Crippen molar-refractivity contribution >= 4 is 17.0 Å². The van der Waals surface area contributed by atoms with Crippen LogP contribution < -0.4 is 10.6 Å². The number of nitrogens with zero attached hydrogens (tertiary/aromatic N) is 4. The number of hydrogen-bond donors (Lipinski definition) is 1. The van der Waals surface area contributed by atoms with Crippen LogP contribution in [0.4, 0.5) is 14.7 Å². The largest absolute Gasteiger partial charge is 0.340 e. The number of hydrogen-bond acceptors (Lipinski definition) is 4. The number of nitrogens with two attached hydrogens (primary N) is 1. The van der Waals surface area contributed by atoms with E-state index in [9.17, 15) is 8.78 Å². The van der Waals surface area contributed by atoms with E-state index in [-0.39, 0.29) is 5.82 Å². The third-order valence-corrected chi connectivity index (χ3v) is 4.60. The number of pyridine rings is 1. The lowest BCUT2D eigenvalue weighted by molar-refractivity contribution is 0.243.